The van der Waals surface area contributed by atoms with Gasteiger partial charge in [-0.25, -0.2) is 4.79 Å². The molecule has 132 valence electrons. The van der Waals surface area contributed by atoms with E-state index in [0.29, 0.717) is 5.75 Å². The fourth-order valence-corrected chi connectivity index (χ4v) is 2.94. The van der Waals surface area contributed by atoms with E-state index >= 15 is 0 Å². The molecule has 3 rings (SSSR count). The standard InChI is InChI=1S/C19H23N3O3/c1-15(19(23)24)25-18-7-3-2-5-16(18)14-21-9-11-22(12-10-21)17-6-4-8-20-13-17/h2-8,13,15H,9-12,14H2,1H3,(H,23,24). The number of pyridine rings is 1. The number of carbonyl (C=O) groups is 1. The first-order valence-corrected chi connectivity index (χ1v) is 8.48. The molecule has 1 aromatic carbocycles. The van der Waals surface area contributed by atoms with E-state index in [1.807, 2.05) is 36.5 Å². The Bertz CT molecular complexity index is 700. The van der Waals surface area contributed by atoms with Gasteiger partial charge in [-0.3, -0.25) is 9.88 Å². The fraction of sp³-hybridized carbons (Fsp3) is 0.368. The first-order valence-electron chi connectivity index (χ1n) is 8.48. The maximum absolute atomic E-state index is 11.0. The van der Waals surface area contributed by atoms with Crippen molar-refractivity contribution < 1.29 is 14.6 Å². The number of aliphatic carboxylic acids is 1. The molecule has 0 amide bonds. The zero-order chi connectivity index (χ0) is 17.6. The fourth-order valence-electron chi connectivity index (χ4n) is 2.94. The summed E-state index contributed by atoms with van der Waals surface area (Å²) in [5.74, 6) is -0.313. The molecule has 1 aliphatic rings. The Morgan fingerprint density at radius 2 is 1.96 bits per heavy atom. The number of rotatable bonds is 6. The number of para-hydroxylation sites is 1. The van der Waals surface area contributed by atoms with Gasteiger partial charge in [0.15, 0.2) is 6.10 Å². The summed E-state index contributed by atoms with van der Waals surface area (Å²) in [6.07, 6.45) is 2.82. The zero-order valence-electron chi connectivity index (χ0n) is 14.3. The van der Waals surface area contributed by atoms with Crippen LogP contribution in [0.2, 0.25) is 0 Å². The molecule has 1 aromatic heterocycles. The lowest BCUT2D eigenvalue weighted by molar-refractivity contribution is -0.144. The van der Waals surface area contributed by atoms with Gasteiger partial charge in [-0.1, -0.05) is 18.2 Å². The molecule has 0 bridgehead atoms. The van der Waals surface area contributed by atoms with Gasteiger partial charge in [-0.05, 0) is 25.1 Å². The van der Waals surface area contributed by atoms with Gasteiger partial charge in [-0.2, -0.15) is 0 Å². The minimum atomic E-state index is -0.958. The summed E-state index contributed by atoms with van der Waals surface area (Å²) < 4.78 is 5.59. The van der Waals surface area contributed by atoms with E-state index in [2.05, 4.69) is 20.9 Å². The Morgan fingerprint density at radius 3 is 2.64 bits per heavy atom. The number of ether oxygens (including phenoxy) is 1. The van der Waals surface area contributed by atoms with Crippen LogP contribution in [0.3, 0.4) is 0 Å². The maximum atomic E-state index is 11.0. The molecule has 0 radical (unpaired) electrons. The Labute approximate surface area is 147 Å². The van der Waals surface area contributed by atoms with Gasteiger partial charge in [0.05, 0.1) is 11.9 Å². The molecule has 6 heteroatoms. The number of benzene rings is 1. The number of piperazine rings is 1. The molecule has 1 aliphatic heterocycles. The molecule has 1 N–H and O–H groups in total. The molecule has 25 heavy (non-hydrogen) atoms. The highest BCUT2D eigenvalue weighted by molar-refractivity contribution is 5.72. The van der Waals surface area contributed by atoms with Crippen LogP contribution in [0.1, 0.15) is 12.5 Å². The summed E-state index contributed by atoms with van der Waals surface area (Å²) in [5, 5.41) is 9.05. The van der Waals surface area contributed by atoms with Crippen LogP contribution >= 0.6 is 0 Å². The molecule has 0 spiro atoms. The molecule has 2 aromatic rings. The van der Waals surface area contributed by atoms with Crippen LogP contribution in [0, 0.1) is 0 Å². The van der Waals surface area contributed by atoms with Gasteiger partial charge in [0.25, 0.3) is 0 Å². The quantitative estimate of drug-likeness (QED) is 0.869. The largest absolute Gasteiger partial charge is 0.479 e. The molecule has 1 unspecified atom stereocenters. The van der Waals surface area contributed by atoms with Crippen molar-refractivity contribution >= 4 is 11.7 Å². The number of anilines is 1. The van der Waals surface area contributed by atoms with Crippen molar-refractivity contribution in [2.45, 2.75) is 19.6 Å². The van der Waals surface area contributed by atoms with Gasteiger partial charge < -0.3 is 14.7 Å². The summed E-state index contributed by atoms with van der Waals surface area (Å²) >= 11 is 0. The normalized spacial score (nSPS) is 16.4. The van der Waals surface area contributed by atoms with Crippen LogP contribution in [0.5, 0.6) is 5.75 Å². The van der Waals surface area contributed by atoms with Crippen LogP contribution in [0.4, 0.5) is 5.69 Å². The number of carboxylic acid groups (broad SMARTS) is 1. The van der Waals surface area contributed by atoms with Crippen molar-refractivity contribution in [3.05, 3.63) is 54.4 Å². The number of nitrogens with zero attached hydrogens (tertiary/aromatic N) is 3. The third-order valence-corrected chi connectivity index (χ3v) is 4.40. The van der Waals surface area contributed by atoms with Crippen molar-refractivity contribution in [1.82, 2.24) is 9.88 Å². The predicted octanol–water partition coefficient (Wildman–Crippen LogP) is 2.26. The lowest BCUT2D eigenvalue weighted by atomic mass is 10.1. The number of aromatic nitrogens is 1. The lowest BCUT2D eigenvalue weighted by Crippen LogP contribution is -2.46. The van der Waals surface area contributed by atoms with Crippen LogP contribution in [-0.2, 0) is 11.3 Å². The molecule has 2 heterocycles. The number of hydrogen-bond acceptors (Lipinski definition) is 5. The second-order valence-corrected chi connectivity index (χ2v) is 6.18. The summed E-state index contributed by atoms with van der Waals surface area (Å²) in [6.45, 7) is 6.07. The topological polar surface area (TPSA) is 65.9 Å². The Morgan fingerprint density at radius 1 is 1.20 bits per heavy atom. The molecule has 1 saturated heterocycles. The number of hydrogen-bond donors (Lipinski definition) is 1. The summed E-state index contributed by atoms with van der Waals surface area (Å²) in [5.41, 5.74) is 2.17. The van der Waals surface area contributed by atoms with Crippen molar-refractivity contribution in [1.29, 1.82) is 0 Å². The minimum absolute atomic E-state index is 0.645. The van der Waals surface area contributed by atoms with E-state index in [9.17, 15) is 4.79 Å². The molecule has 0 saturated carbocycles. The second-order valence-electron chi connectivity index (χ2n) is 6.18. The first-order chi connectivity index (χ1) is 12.1. The Balaban J connectivity index is 1.60. The van der Waals surface area contributed by atoms with Crippen molar-refractivity contribution in [2.24, 2.45) is 0 Å². The van der Waals surface area contributed by atoms with Crippen LogP contribution in [0.25, 0.3) is 0 Å². The summed E-state index contributed by atoms with van der Waals surface area (Å²) in [4.78, 5) is 19.9. The van der Waals surface area contributed by atoms with Gasteiger partial charge >= 0.3 is 5.97 Å². The highest BCUT2D eigenvalue weighted by Crippen LogP contribution is 2.22. The number of carboxylic acids is 1. The van der Waals surface area contributed by atoms with Crippen molar-refractivity contribution in [3.63, 3.8) is 0 Å². The molecule has 6 nitrogen and oxygen atoms in total. The van der Waals surface area contributed by atoms with E-state index in [4.69, 9.17) is 9.84 Å². The second kappa shape index (κ2) is 7.98. The predicted molar refractivity (Wildman–Crippen MR) is 95.9 cm³/mol. The van der Waals surface area contributed by atoms with Gasteiger partial charge in [0.2, 0.25) is 0 Å². The van der Waals surface area contributed by atoms with Crippen LogP contribution in [-0.4, -0.2) is 53.2 Å². The smallest absolute Gasteiger partial charge is 0.344 e. The van der Waals surface area contributed by atoms with Crippen LogP contribution in [0.15, 0.2) is 48.8 Å². The molecular weight excluding hydrogens is 318 g/mol. The lowest BCUT2D eigenvalue weighted by Gasteiger charge is -2.36. The highest BCUT2D eigenvalue weighted by atomic mass is 16.5. The van der Waals surface area contributed by atoms with E-state index in [1.165, 1.54) is 0 Å². The van der Waals surface area contributed by atoms with E-state index in [1.54, 1.807) is 13.1 Å². The average Bonchev–Trinajstić information content (AvgIpc) is 2.64. The van der Waals surface area contributed by atoms with Gasteiger partial charge in [0, 0.05) is 44.5 Å². The van der Waals surface area contributed by atoms with E-state index in [-0.39, 0.29) is 0 Å². The first kappa shape index (κ1) is 17.2. The monoisotopic (exact) mass is 341 g/mol. The summed E-state index contributed by atoms with van der Waals surface area (Å²) in [7, 11) is 0. The van der Waals surface area contributed by atoms with Gasteiger partial charge in [0.1, 0.15) is 5.75 Å². The SMILES string of the molecule is CC(Oc1ccccc1CN1CCN(c2cccnc2)CC1)C(=O)O. The Kier molecular flexibility index (Phi) is 5.50. The summed E-state index contributed by atoms with van der Waals surface area (Å²) in [6, 6.07) is 11.7. The van der Waals surface area contributed by atoms with Crippen molar-refractivity contribution in [3.8, 4) is 5.75 Å². The maximum Gasteiger partial charge on any atom is 0.344 e. The third kappa shape index (κ3) is 4.48. The average molecular weight is 341 g/mol. The molecular formula is C19H23N3O3. The minimum Gasteiger partial charge on any atom is -0.479 e. The van der Waals surface area contributed by atoms with E-state index < -0.39 is 12.1 Å². The third-order valence-electron chi connectivity index (χ3n) is 4.40. The van der Waals surface area contributed by atoms with Gasteiger partial charge in [-0.15, -0.1) is 0 Å². The van der Waals surface area contributed by atoms with E-state index in [0.717, 1.165) is 44.0 Å². The van der Waals surface area contributed by atoms with Crippen molar-refractivity contribution in [2.75, 3.05) is 31.1 Å². The molecule has 0 aliphatic carbocycles. The molecule has 1 atom stereocenters. The highest BCUT2D eigenvalue weighted by Gasteiger charge is 2.20. The molecule has 1 fully saturated rings. The zero-order valence-corrected chi connectivity index (χ0v) is 14.3. The Hall–Kier alpha value is -2.60. The van der Waals surface area contributed by atoms with Crippen LogP contribution < -0.4 is 9.64 Å².